The van der Waals surface area contributed by atoms with Gasteiger partial charge in [-0.3, -0.25) is 9.89 Å². The molecule has 0 spiro atoms. The lowest BCUT2D eigenvalue weighted by Crippen LogP contribution is -2.42. The van der Waals surface area contributed by atoms with Crippen molar-refractivity contribution >= 4 is 15.8 Å². The Hall–Kier alpha value is -1.60. The first kappa shape index (κ1) is 25.4. The Balaban J connectivity index is 2.68. The second-order valence-corrected chi connectivity index (χ2v) is 9.83. The van der Waals surface area contributed by atoms with Crippen molar-refractivity contribution in [2.75, 3.05) is 39.0 Å². The van der Waals surface area contributed by atoms with Crippen molar-refractivity contribution in [3.8, 4) is 0 Å². The number of nitrogens with zero attached hydrogens (tertiary/aromatic N) is 2. The summed E-state index contributed by atoms with van der Waals surface area (Å²) in [6.45, 7) is 15.4. The van der Waals surface area contributed by atoms with Gasteiger partial charge >= 0.3 is 0 Å². The highest BCUT2D eigenvalue weighted by Gasteiger charge is 2.17. The van der Waals surface area contributed by atoms with Gasteiger partial charge in [0.2, 0.25) is 0 Å². The van der Waals surface area contributed by atoms with Crippen molar-refractivity contribution in [1.82, 2.24) is 15.5 Å². The van der Waals surface area contributed by atoms with Crippen molar-refractivity contribution in [1.29, 1.82) is 0 Å². The van der Waals surface area contributed by atoms with Crippen LogP contribution in [0.15, 0.2) is 34.2 Å². The van der Waals surface area contributed by atoms with E-state index in [4.69, 9.17) is 4.99 Å². The summed E-state index contributed by atoms with van der Waals surface area (Å²) >= 11 is 0. The average Bonchev–Trinajstić information content (AvgIpc) is 2.66. The Kier molecular flexibility index (Phi) is 11.3. The Morgan fingerprint density at radius 1 is 1.07 bits per heavy atom. The Bertz CT molecular complexity index is 711. The largest absolute Gasteiger partial charge is 0.357 e. The van der Waals surface area contributed by atoms with Gasteiger partial charge in [0, 0.05) is 25.4 Å². The number of benzene rings is 1. The van der Waals surface area contributed by atoms with Gasteiger partial charge in [0.25, 0.3) is 0 Å². The summed E-state index contributed by atoms with van der Waals surface area (Å²) in [6, 6.07) is 7.54. The molecule has 1 atom stereocenters. The van der Waals surface area contributed by atoms with Gasteiger partial charge in [-0.05, 0) is 56.5 Å². The molecule has 29 heavy (non-hydrogen) atoms. The number of aliphatic imine (C=N–C) groups is 1. The summed E-state index contributed by atoms with van der Waals surface area (Å²) < 4.78 is 23.1. The van der Waals surface area contributed by atoms with Crippen LogP contribution in [0.4, 0.5) is 0 Å². The first-order chi connectivity index (χ1) is 13.7. The minimum atomic E-state index is -3.15. The second kappa shape index (κ2) is 12.9. The molecule has 0 bridgehead atoms. The van der Waals surface area contributed by atoms with Crippen LogP contribution in [0.1, 0.15) is 46.6 Å². The normalized spacial score (nSPS) is 13.7. The maximum absolute atomic E-state index is 11.6. The number of hydrogen-bond donors (Lipinski definition) is 2. The Labute approximate surface area is 178 Å². The lowest BCUT2D eigenvalue weighted by Gasteiger charge is -2.30. The maximum Gasteiger partial charge on any atom is 0.191 e. The number of hydrogen-bond acceptors (Lipinski definition) is 4. The molecular weight excluding hydrogens is 384 g/mol. The predicted molar refractivity (Wildman–Crippen MR) is 123 cm³/mol. The number of nitrogens with one attached hydrogen (secondary N) is 2. The number of likely N-dealkylation sites (N-methyl/N-ethyl adjacent to an activating group) is 1. The molecule has 1 unspecified atom stereocenters. The smallest absolute Gasteiger partial charge is 0.191 e. The molecule has 6 nitrogen and oxygen atoms in total. The molecule has 2 N–H and O–H groups in total. The van der Waals surface area contributed by atoms with E-state index in [9.17, 15) is 8.42 Å². The van der Waals surface area contributed by atoms with Crippen molar-refractivity contribution in [2.45, 2.75) is 58.4 Å². The van der Waals surface area contributed by atoms with E-state index in [1.807, 2.05) is 12.1 Å². The zero-order chi connectivity index (χ0) is 21.9. The van der Waals surface area contributed by atoms with E-state index in [1.54, 1.807) is 12.1 Å². The fraction of sp³-hybridized carbons (Fsp3) is 0.682. The van der Waals surface area contributed by atoms with Crippen LogP contribution in [0.2, 0.25) is 0 Å². The van der Waals surface area contributed by atoms with Gasteiger partial charge in [-0.15, -0.1) is 0 Å². The predicted octanol–water partition coefficient (Wildman–Crippen LogP) is 2.94. The third-order valence-electron chi connectivity index (χ3n) is 4.93. The molecule has 166 valence electrons. The zero-order valence-electron chi connectivity index (χ0n) is 19.0. The molecule has 1 rings (SSSR count). The van der Waals surface area contributed by atoms with E-state index < -0.39 is 9.84 Å². The van der Waals surface area contributed by atoms with Crippen LogP contribution in [0.5, 0.6) is 0 Å². The Morgan fingerprint density at radius 2 is 1.69 bits per heavy atom. The zero-order valence-corrected chi connectivity index (χ0v) is 19.8. The molecular formula is C22H40N4O2S. The molecule has 0 saturated heterocycles. The monoisotopic (exact) mass is 424 g/mol. The molecule has 0 heterocycles. The third kappa shape index (κ3) is 9.63. The second-order valence-electron chi connectivity index (χ2n) is 7.82. The fourth-order valence-corrected chi connectivity index (χ4v) is 4.02. The Morgan fingerprint density at radius 3 is 2.17 bits per heavy atom. The third-order valence-corrected chi connectivity index (χ3v) is 6.06. The van der Waals surface area contributed by atoms with Crippen LogP contribution in [0, 0.1) is 5.92 Å². The van der Waals surface area contributed by atoms with Gasteiger partial charge < -0.3 is 10.6 Å². The average molecular weight is 425 g/mol. The standard InChI is InChI=1S/C22H40N4O2S/c1-7-23-22(25-17-20(16-18(4)5)26(8-2)9-3)24-15-14-19-10-12-21(13-11-19)29(6,27)28/h10-13,18,20H,7-9,14-17H2,1-6H3,(H2,23,24,25). The molecule has 0 amide bonds. The van der Waals surface area contributed by atoms with Crippen molar-refractivity contribution in [2.24, 2.45) is 10.9 Å². The number of rotatable bonds is 12. The SMILES string of the molecule is CCNC(=NCC(CC(C)C)N(CC)CC)NCCc1ccc(S(C)(=O)=O)cc1. The number of sulfone groups is 1. The van der Waals surface area contributed by atoms with Crippen LogP contribution in [0.25, 0.3) is 0 Å². The van der Waals surface area contributed by atoms with Gasteiger partial charge in [0.15, 0.2) is 15.8 Å². The molecule has 0 aliphatic carbocycles. The lowest BCUT2D eigenvalue weighted by atomic mass is 10.0. The lowest BCUT2D eigenvalue weighted by molar-refractivity contribution is 0.196. The van der Waals surface area contributed by atoms with E-state index in [1.165, 1.54) is 6.26 Å². The van der Waals surface area contributed by atoms with E-state index >= 15 is 0 Å². The first-order valence-electron chi connectivity index (χ1n) is 10.8. The van der Waals surface area contributed by atoms with Gasteiger partial charge in [-0.25, -0.2) is 8.42 Å². The molecule has 0 saturated carbocycles. The minimum absolute atomic E-state index is 0.358. The highest BCUT2D eigenvalue weighted by Crippen LogP contribution is 2.12. The maximum atomic E-state index is 11.6. The topological polar surface area (TPSA) is 73.8 Å². The highest BCUT2D eigenvalue weighted by atomic mass is 32.2. The van der Waals surface area contributed by atoms with Crippen LogP contribution in [-0.2, 0) is 16.3 Å². The minimum Gasteiger partial charge on any atom is -0.357 e. The van der Waals surface area contributed by atoms with Crippen molar-refractivity contribution < 1.29 is 8.42 Å². The molecule has 0 aromatic heterocycles. The molecule has 7 heteroatoms. The summed E-state index contributed by atoms with van der Waals surface area (Å²) in [5.74, 6) is 1.47. The number of guanidine groups is 1. The van der Waals surface area contributed by atoms with Crippen molar-refractivity contribution in [3.05, 3.63) is 29.8 Å². The van der Waals surface area contributed by atoms with Gasteiger partial charge in [0.05, 0.1) is 11.4 Å². The molecule has 0 radical (unpaired) electrons. The van der Waals surface area contributed by atoms with E-state index in [0.717, 1.165) is 57.1 Å². The van der Waals surface area contributed by atoms with Gasteiger partial charge in [-0.2, -0.15) is 0 Å². The first-order valence-corrected chi connectivity index (χ1v) is 12.7. The highest BCUT2D eigenvalue weighted by molar-refractivity contribution is 7.90. The quantitative estimate of drug-likeness (QED) is 0.399. The van der Waals surface area contributed by atoms with Crippen LogP contribution in [-0.4, -0.2) is 64.3 Å². The van der Waals surface area contributed by atoms with E-state index in [0.29, 0.717) is 16.9 Å². The molecule has 1 aromatic carbocycles. The molecule has 0 fully saturated rings. The molecule has 0 aliphatic heterocycles. The van der Waals surface area contributed by atoms with E-state index in [2.05, 4.69) is 50.2 Å². The van der Waals surface area contributed by atoms with Crippen LogP contribution in [0.3, 0.4) is 0 Å². The summed E-state index contributed by atoms with van der Waals surface area (Å²) in [7, 11) is -3.15. The molecule has 1 aromatic rings. The summed E-state index contributed by atoms with van der Waals surface area (Å²) in [5, 5.41) is 6.72. The van der Waals surface area contributed by atoms with Crippen molar-refractivity contribution in [3.63, 3.8) is 0 Å². The van der Waals surface area contributed by atoms with E-state index in [-0.39, 0.29) is 0 Å². The van der Waals surface area contributed by atoms with Gasteiger partial charge in [-0.1, -0.05) is 39.8 Å². The summed E-state index contributed by atoms with van der Waals surface area (Å²) in [5.41, 5.74) is 1.10. The van der Waals surface area contributed by atoms with Crippen LogP contribution >= 0.6 is 0 Å². The molecule has 0 aliphatic rings. The van der Waals surface area contributed by atoms with Gasteiger partial charge in [0.1, 0.15) is 0 Å². The van der Waals surface area contributed by atoms with Crippen LogP contribution < -0.4 is 10.6 Å². The summed E-state index contributed by atoms with van der Waals surface area (Å²) in [4.78, 5) is 7.68. The fourth-order valence-electron chi connectivity index (χ4n) is 3.39. The summed E-state index contributed by atoms with van der Waals surface area (Å²) in [6.07, 6.45) is 3.17.